The molecule has 0 radical (unpaired) electrons. The van der Waals surface area contributed by atoms with E-state index in [2.05, 4.69) is 4.90 Å². The molecule has 0 aliphatic carbocycles. The zero-order chi connectivity index (χ0) is 13.2. The van der Waals surface area contributed by atoms with E-state index < -0.39 is 0 Å². The predicted molar refractivity (Wildman–Crippen MR) is 74.2 cm³/mol. The lowest BCUT2D eigenvalue weighted by Gasteiger charge is -2.34. The van der Waals surface area contributed by atoms with Gasteiger partial charge in [0.05, 0.1) is 0 Å². The molecule has 1 amide bonds. The first-order valence-electron chi connectivity index (χ1n) is 7.24. The summed E-state index contributed by atoms with van der Waals surface area (Å²) in [6.07, 6.45) is 5.99. The highest BCUT2D eigenvalue weighted by atomic mass is 16.5. The van der Waals surface area contributed by atoms with Gasteiger partial charge in [-0.25, -0.2) is 0 Å². The van der Waals surface area contributed by atoms with Crippen LogP contribution in [0.25, 0.3) is 0 Å². The predicted octanol–water partition coefficient (Wildman–Crippen LogP) is 2.92. The fourth-order valence-corrected chi connectivity index (χ4v) is 3.45. The van der Waals surface area contributed by atoms with Gasteiger partial charge < -0.3 is 9.64 Å². The largest absolute Gasteiger partial charge is 0.484 e. The summed E-state index contributed by atoms with van der Waals surface area (Å²) < 4.78 is 5.64. The van der Waals surface area contributed by atoms with Crippen molar-refractivity contribution in [3.8, 4) is 5.75 Å². The highest BCUT2D eigenvalue weighted by Gasteiger charge is 2.39. The van der Waals surface area contributed by atoms with Crippen LogP contribution in [-0.2, 0) is 4.79 Å². The summed E-state index contributed by atoms with van der Waals surface area (Å²) >= 11 is 0. The quantitative estimate of drug-likeness (QED) is 0.835. The van der Waals surface area contributed by atoms with Crippen LogP contribution in [0.2, 0.25) is 0 Å². The minimum Gasteiger partial charge on any atom is -0.484 e. The number of aryl methyl sites for hydroxylation is 1. The Morgan fingerprint density at radius 2 is 2.00 bits per heavy atom. The molecule has 1 aromatic rings. The molecule has 2 aliphatic heterocycles. The first-order chi connectivity index (χ1) is 9.24. The molecule has 2 fully saturated rings. The van der Waals surface area contributed by atoms with E-state index in [0.29, 0.717) is 12.1 Å². The first-order valence-corrected chi connectivity index (χ1v) is 7.24. The molecule has 0 aromatic heterocycles. The molecule has 3 nitrogen and oxygen atoms in total. The summed E-state index contributed by atoms with van der Waals surface area (Å²) in [7, 11) is 0. The maximum atomic E-state index is 12.3. The van der Waals surface area contributed by atoms with Crippen LogP contribution < -0.4 is 4.74 Å². The molecule has 0 spiro atoms. The Hall–Kier alpha value is -1.51. The van der Waals surface area contributed by atoms with Crippen molar-refractivity contribution >= 4 is 5.91 Å². The highest BCUT2D eigenvalue weighted by molar-refractivity contribution is 5.79. The lowest BCUT2D eigenvalue weighted by atomic mass is 10.0. The second-order valence-corrected chi connectivity index (χ2v) is 5.72. The molecule has 3 heteroatoms. The maximum Gasteiger partial charge on any atom is 0.261 e. The van der Waals surface area contributed by atoms with Gasteiger partial charge in [-0.2, -0.15) is 0 Å². The minimum absolute atomic E-state index is 0.161. The van der Waals surface area contributed by atoms with Gasteiger partial charge in [-0.05, 0) is 56.7 Å². The number of carbonyl (C=O) groups excluding carboxylic acids is 1. The van der Waals surface area contributed by atoms with E-state index in [0.717, 1.165) is 11.3 Å². The van der Waals surface area contributed by atoms with E-state index in [1.165, 1.54) is 32.1 Å². The standard InChI is InChI=1S/C16H21NO2/c1-12-4-2-7-15(10-12)19-11-16(18)17-13-5-3-6-14(17)9-8-13/h2,4,7,10,13-14H,3,5-6,8-9,11H2,1H3. The second-order valence-electron chi connectivity index (χ2n) is 5.72. The molecule has 0 N–H and O–H groups in total. The van der Waals surface area contributed by atoms with Crippen molar-refractivity contribution in [2.75, 3.05) is 6.61 Å². The molecular formula is C16H21NO2. The van der Waals surface area contributed by atoms with E-state index in [1.54, 1.807) is 0 Å². The van der Waals surface area contributed by atoms with E-state index in [4.69, 9.17) is 4.74 Å². The van der Waals surface area contributed by atoms with Gasteiger partial charge in [-0.1, -0.05) is 12.1 Å². The monoisotopic (exact) mass is 259 g/mol. The number of piperidine rings is 1. The average Bonchev–Trinajstić information content (AvgIpc) is 2.66. The van der Waals surface area contributed by atoms with Crippen molar-refractivity contribution in [3.63, 3.8) is 0 Å². The first kappa shape index (κ1) is 12.5. The van der Waals surface area contributed by atoms with Crippen LogP contribution in [0.5, 0.6) is 5.75 Å². The normalized spacial score (nSPS) is 25.4. The van der Waals surface area contributed by atoms with Gasteiger partial charge in [0, 0.05) is 12.1 Å². The van der Waals surface area contributed by atoms with Crippen LogP contribution in [0, 0.1) is 6.92 Å². The SMILES string of the molecule is Cc1cccc(OCC(=O)N2C3CCCC2CC3)c1. The van der Waals surface area contributed by atoms with Crippen molar-refractivity contribution in [1.82, 2.24) is 4.90 Å². The molecule has 2 atom stereocenters. The van der Waals surface area contributed by atoms with E-state index >= 15 is 0 Å². The minimum atomic E-state index is 0.161. The number of amides is 1. The molecule has 2 bridgehead atoms. The Morgan fingerprint density at radius 3 is 2.68 bits per heavy atom. The summed E-state index contributed by atoms with van der Waals surface area (Å²) in [5.41, 5.74) is 1.16. The van der Waals surface area contributed by atoms with Crippen LogP contribution >= 0.6 is 0 Å². The van der Waals surface area contributed by atoms with Crippen molar-refractivity contribution in [1.29, 1.82) is 0 Å². The third-order valence-electron chi connectivity index (χ3n) is 4.33. The summed E-state index contributed by atoms with van der Waals surface area (Å²) in [6.45, 7) is 2.20. The van der Waals surface area contributed by atoms with Crippen LogP contribution in [0.1, 0.15) is 37.7 Å². The van der Waals surface area contributed by atoms with Crippen LogP contribution in [-0.4, -0.2) is 29.5 Å². The van der Waals surface area contributed by atoms with E-state index in [-0.39, 0.29) is 12.5 Å². The van der Waals surface area contributed by atoms with Gasteiger partial charge >= 0.3 is 0 Å². The Bertz CT molecular complexity index is 456. The molecule has 1 aromatic carbocycles. The molecule has 2 saturated heterocycles. The second kappa shape index (κ2) is 5.24. The fraction of sp³-hybridized carbons (Fsp3) is 0.562. The lowest BCUT2D eigenvalue weighted by Crippen LogP contribution is -2.46. The number of nitrogens with zero attached hydrogens (tertiary/aromatic N) is 1. The van der Waals surface area contributed by atoms with Gasteiger partial charge in [0.25, 0.3) is 5.91 Å². The zero-order valence-corrected chi connectivity index (χ0v) is 11.5. The van der Waals surface area contributed by atoms with Crippen LogP contribution in [0.4, 0.5) is 0 Å². The molecule has 2 heterocycles. The number of hydrogen-bond donors (Lipinski definition) is 0. The summed E-state index contributed by atoms with van der Waals surface area (Å²) in [4.78, 5) is 14.4. The Morgan fingerprint density at radius 1 is 1.26 bits per heavy atom. The van der Waals surface area contributed by atoms with Gasteiger partial charge in [-0.3, -0.25) is 4.79 Å². The van der Waals surface area contributed by atoms with Gasteiger partial charge in [0.15, 0.2) is 6.61 Å². The average molecular weight is 259 g/mol. The van der Waals surface area contributed by atoms with Crippen molar-refractivity contribution < 1.29 is 9.53 Å². The smallest absolute Gasteiger partial charge is 0.261 e. The number of fused-ring (bicyclic) bond motifs is 2. The highest BCUT2D eigenvalue weighted by Crippen LogP contribution is 2.35. The van der Waals surface area contributed by atoms with Crippen molar-refractivity contribution in [2.45, 2.75) is 51.1 Å². The molecular weight excluding hydrogens is 238 g/mol. The number of benzene rings is 1. The molecule has 2 aliphatic rings. The lowest BCUT2D eigenvalue weighted by molar-refractivity contribution is -0.137. The number of hydrogen-bond acceptors (Lipinski definition) is 2. The van der Waals surface area contributed by atoms with E-state index in [1.807, 2.05) is 31.2 Å². The molecule has 19 heavy (non-hydrogen) atoms. The zero-order valence-electron chi connectivity index (χ0n) is 11.5. The van der Waals surface area contributed by atoms with E-state index in [9.17, 15) is 4.79 Å². The summed E-state index contributed by atoms with van der Waals surface area (Å²) in [5.74, 6) is 0.950. The summed E-state index contributed by atoms with van der Waals surface area (Å²) in [6, 6.07) is 8.82. The number of carbonyl (C=O) groups is 1. The Balaban J connectivity index is 1.60. The van der Waals surface area contributed by atoms with Crippen molar-refractivity contribution in [3.05, 3.63) is 29.8 Å². The fourth-order valence-electron chi connectivity index (χ4n) is 3.45. The summed E-state index contributed by atoms with van der Waals surface area (Å²) in [5, 5.41) is 0. The maximum absolute atomic E-state index is 12.3. The van der Waals surface area contributed by atoms with Gasteiger partial charge in [-0.15, -0.1) is 0 Å². The molecule has 3 rings (SSSR count). The Labute approximate surface area is 114 Å². The van der Waals surface area contributed by atoms with Crippen molar-refractivity contribution in [2.24, 2.45) is 0 Å². The van der Waals surface area contributed by atoms with Crippen LogP contribution in [0.3, 0.4) is 0 Å². The Kier molecular flexibility index (Phi) is 3.45. The molecule has 0 saturated carbocycles. The van der Waals surface area contributed by atoms with Gasteiger partial charge in [0.2, 0.25) is 0 Å². The third kappa shape index (κ3) is 2.60. The molecule has 102 valence electrons. The van der Waals surface area contributed by atoms with Crippen LogP contribution in [0.15, 0.2) is 24.3 Å². The third-order valence-corrected chi connectivity index (χ3v) is 4.33. The number of rotatable bonds is 3. The topological polar surface area (TPSA) is 29.5 Å². The molecule has 2 unspecified atom stereocenters. The van der Waals surface area contributed by atoms with Gasteiger partial charge in [0.1, 0.15) is 5.75 Å². The number of ether oxygens (including phenoxy) is 1.